The maximum Gasteiger partial charge on any atom is 0.142 e. The Bertz CT molecular complexity index is 131. The van der Waals surface area contributed by atoms with Crippen molar-refractivity contribution in [3.05, 3.63) is 12.2 Å². The Labute approximate surface area is 61.6 Å². The van der Waals surface area contributed by atoms with E-state index in [9.17, 15) is 9.90 Å². The molecule has 0 aliphatic rings. The van der Waals surface area contributed by atoms with E-state index in [2.05, 4.69) is 0 Å². The Morgan fingerprint density at radius 2 is 1.90 bits per heavy atom. The maximum absolute atomic E-state index is 9.84. The first-order valence-electron chi connectivity index (χ1n) is 3.28. The Morgan fingerprint density at radius 1 is 1.40 bits per heavy atom. The fraction of sp³-hybridized carbons (Fsp3) is 0.625. The Balaban J connectivity index is 3.96. The van der Waals surface area contributed by atoms with Crippen molar-refractivity contribution >= 4 is 6.29 Å². The van der Waals surface area contributed by atoms with Crippen LogP contribution in [0.5, 0.6) is 0 Å². The van der Waals surface area contributed by atoms with Crippen LogP contribution in [-0.4, -0.2) is 17.5 Å². The lowest BCUT2D eigenvalue weighted by atomic mass is 9.89. The second-order valence-corrected chi connectivity index (χ2v) is 3.33. The molecule has 0 amide bonds. The third kappa shape index (κ3) is 3.41. The summed E-state index contributed by atoms with van der Waals surface area (Å²) < 4.78 is 0. The van der Waals surface area contributed by atoms with E-state index in [1.54, 1.807) is 0 Å². The fourth-order valence-electron chi connectivity index (χ4n) is 0.439. The zero-order valence-electron chi connectivity index (χ0n) is 6.66. The van der Waals surface area contributed by atoms with Gasteiger partial charge in [0.05, 0.1) is 6.10 Å². The predicted octanol–water partition coefficient (Wildman–Crippen LogP) is 1.15. The number of allylic oxidation sites excluding steroid dienone is 1. The van der Waals surface area contributed by atoms with Crippen LogP contribution < -0.4 is 0 Å². The molecule has 2 heteroatoms. The molecule has 1 unspecified atom stereocenters. The number of rotatable bonds is 2. The number of aliphatic hydroxyl groups excluding tert-OH is 1. The molecule has 10 heavy (non-hydrogen) atoms. The average Bonchev–Trinajstić information content (AvgIpc) is 1.80. The lowest BCUT2D eigenvalue weighted by Gasteiger charge is -2.22. The zero-order chi connectivity index (χ0) is 8.20. The van der Waals surface area contributed by atoms with Gasteiger partial charge in [0.2, 0.25) is 0 Å². The number of aliphatic hydroxyl groups is 1. The van der Waals surface area contributed by atoms with Crippen LogP contribution in [0.4, 0.5) is 0 Å². The molecule has 0 heterocycles. The molecule has 0 radical (unpaired) electrons. The van der Waals surface area contributed by atoms with Gasteiger partial charge in [0.25, 0.3) is 0 Å². The van der Waals surface area contributed by atoms with Gasteiger partial charge in [0.1, 0.15) is 6.29 Å². The summed E-state index contributed by atoms with van der Waals surface area (Å²) in [6.07, 6.45) is 2.93. The Hall–Kier alpha value is -0.630. The van der Waals surface area contributed by atoms with Crippen molar-refractivity contribution in [2.24, 2.45) is 5.41 Å². The first-order chi connectivity index (χ1) is 4.48. The van der Waals surface area contributed by atoms with Gasteiger partial charge < -0.3 is 5.11 Å². The van der Waals surface area contributed by atoms with E-state index in [1.807, 2.05) is 20.8 Å². The minimum Gasteiger partial charge on any atom is -0.388 e. The van der Waals surface area contributed by atoms with Gasteiger partial charge in [-0.15, -0.1) is 0 Å². The SMILES string of the molecule is CC(C)(C)C(O)/C=C/C=O. The molecule has 0 aromatic heterocycles. The number of hydrogen-bond acceptors (Lipinski definition) is 2. The standard InChI is InChI=1S/C8H14O2/c1-8(2,3)7(10)5-4-6-9/h4-7,10H,1-3H3/b5-4+. The van der Waals surface area contributed by atoms with Crippen molar-refractivity contribution in [1.29, 1.82) is 0 Å². The number of hydrogen-bond donors (Lipinski definition) is 1. The first-order valence-corrected chi connectivity index (χ1v) is 3.28. The van der Waals surface area contributed by atoms with Gasteiger partial charge >= 0.3 is 0 Å². The summed E-state index contributed by atoms with van der Waals surface area (Å²) in [4.78, 5) is 9.84. The highest BCUT2D eigenvalue weighted by Gasteiger charge is 2.18. The van der Waals surface area contributed by atoms with Crippen molar-refractivity contribution in [2.75, 3.05) is 0 Å². The molecule has 0 saturated carbocycles. The van der Waals surface area contributed by atoms with Crippen molar-refractivity contribution in [3.8, 4) is 0 Å². The topological polar surface area (TPSA) is 37.3 Å². The van der Waals surface area contributed by atoms with Gasteiger partial charge in [-0.3, -0.25) is 4.79 Å². The molecular formula is C8H14O2. The van der Waals surface area contributed by atoms with Crippen molar-refractivity contribution in [1.82, 2.24) is 0 Å². The average molecular weight is 142 g/mol. The van der Waals surface area contributed by atoms with Crippen LogP contribution in [0.1, 0.15) is 20.8 Å². The highest BCUT2D eigenvalue weighted by Crippen LogP contribution is 2.19. The third-order valence-corrected chi connectivity index (χ3v) is 1.26. The first kappa shape index (κ1) is 9.37. The molecule has 0 saturated heterocycles. The number of carbonyl (C=O) groups excluding carboxylic acids is 1. The molecule has 0 spiro atoms. The van der Waals surface area contributed by atoms with Gasteiger partial charge in [0.15, 0.2) is 0 Å². The molecule has 0 aromatic carbocycles. The molecule has 1 atom stereocenters. The van der Waals surface area contributed by atoms with Crippen LogP contribution in [-0.2, 0) is 4.79 Å². The number of carbonyl (C=O) groups is 1. The molecule has 0 bridgehead atoms. The second-order valence-electron chi connectivity index (χ2n) is 3.33. The highest BCUT2D eigenvalue weighted by molar-refractivity contribution is 5.64. The normalized spacial score (nSPS) is 15.6. The van der Waals surface area contributed by atoms with Crippen LogP contribution >= 0.6 is 0 Å². The molecule has 0 aromatic rings. The zero-order valence-corrected chi connectivity index (χ0v) is 6.66. The third-order valence-electron chi connectivity index (χ3n) is 1.26. The smallest absolute Gasteiger partial charge is 0.142 e. The summed E-state index contributed by atoms with van der Waals surface area (Å²) in [5, 5.41) is 9.27. The minimum atomic E-state index is -0.544. The van der Waals surface area contributed by atoms with Crippen LogP contribution in [0.15, 0.2) is 12.2 Å². The van der Waals surface area contributed by atoms with E-state index >= 15 is 0 Å². The Morgan fingerprint density at radius 3 is 2.20 bits per heavy atom. The summed E-state index contributed by atoms with van der Waals surface area (Å²) in [6, 6.07) is 0. The summed E-state index contributed by atoms with van der Waals surface area (Å²) in [5.41, 5.74) is -0.181. The largest absolute Gasteiger partial charge is 0.388 e. The lowest BCUT2D eigenvalue weighted by molar-refractivity contribution is -0.104. The summed E-state index contributed by atoms with van der Waals surface area (Å²) in [5.74, 6) is 0. The lowest BCUT2D eigenvalue weighted by Crippen LogP contribution is -2.23. The van der Waals surface area contributed by atoms with Gasteiger partial charge in [-0.05, 0) is 11.5 Å². The summed E-state index contributed by atoms with van der Waals surface area (Å²) in [6.45, 7) is 5.73. The monoisotopic (exact) mass is 142 g/mol. The Kier molecular flexibility index (Phi) is 3.30. The minimum absolute atomic E-state index is 0.181. The van der Waals surface area contributed by atoms with Crippen LogP contribution in [0.25, 0.3) is 0 Å². The molecule has 0 aliphatic carbocycles. The van der Waals surface area contributed by atoms with Crippen LogP contribution in [0.2, 0.25) is 0 Å². The van der Waals surface area contributed by atoms with Gasteiger partial charge in [-0.25, -0.2) is 0 Å². The molecule has 0 fully saturated rings. The van der Waals surface area contributed by atoms with Crippen LogP contribution in [0.3, 0.4) is 0 Å². The molecular weight excluding hydrogens is 128 g/mol. The van der Waals surface area contributed by atoms with E-state index < -0.39 is 6.10 Å². The summed E-state index contributed by atoms with van der Waals surface area (Å²) in [7, 11) is 0. The van der Waals surface area contributed by atoms with E-state index in [-0.39, 0.29) is 5.41 Å². The van der Waals surface area contributed by atoms with Gasteiger partial charge in [0, 0.05) is 0 Å². The van der Waals surface area contributed by atoms with Crippen molar-refractivity contribution in [2.45, 2.75) is 26.9 Å². The van der Waals surface area contributed by atoms with E-state index in [0.29, 0.717) is 6.29 Å². The predicted molar refractivity (Wildman–Crippen MR) is 40.7 cm³/mol. The fourth-order valence-corrected chi connectivity index (χ4v) is 0.439. The highest BCUT2D eigenvalue weighted by atomic mass is 16.3. The molecule has 58 valence electrons. The van der Waals surface area contributed by atoms with Gasteiger partial charge in [-0.1, -0.05) is 26.8 Å². The van der Waals surface area contributed by atoms with E-state index in [1.165, 1.54) is 12.2 Å². The second kappa shape index (κ2) is 3.52. The summed E-state index contributed by atoms with van der Waals surface area (Å²) >= 11 is 0. The van der Waals surface area contributed by atoms with E-state index in [4.69, 9.17) is 0 Å². The van der Waals surface area contributed by atoms with Gasteiger partial charge in [-0.2, -0.15) is 0 Å². The number of aldehydes is 1. The maximum atomic E-state index is 9.84. The molecule has 1 N–H and O–H groups in total. The quantitative estimate of drug-likeness (QED) is 0.464. The van der Waals surface area contributed by atoms with Crippen molar-refractivity contribution < 1.29 is 9.90 Å². The van der Waals surface area contributed by atoms with Crippen LogP contribution in [0, 0.1) is 5.41 Å². The van der Waals surface area contributed by atoms with E-state index in [0.717, 1.165) is 0 Å². The molecule has 0 rings (SSSR count). The van der Waals surface area contributed by atoms with Crippen molar-refractivity contribution in [3.63, 3.8) is 0 Å². The molecule has 2 nitrogen and oxygen atoms in total. The molecule has 0 aliphatic heterocycles.